The Hall–Kier alpha value is -3.06. The predicted molar refractivity (Wildman–Crippen MR) is 109 cm³/mol. The number of thiazole rings is 1. The number of benzene rings is 2. The molecule has 0 saturated heterocycles. The van der Waals surface area contributed by atoms with E-state index in [1.54, 1.807) is 6.07 Å². The Bertz CT molecular complexity index is 1030. The molecule has 3 aromatic rings. The van der Waals surface area contributed by atoms with Gasteiger partial charge in [0.05, 0.1) is 12.3 Å². The summed E-state index contributed by atoms with van der Waals surface area (Å²) >= 11 is 1.00. The van der Waals surface area contributed by atoms with Gasteiger partial charge in [-0.1, -0.05) is 23.5 Å². The molecule has 7 heteroatoms. The number of aromatic carboxylic acids is 1. The fourth-order valence-corrected chi connectivity index (χ4v) is 3.85. The molecule has 2 heterocycles. The molecule has 0 saturated carbocycles. The second kappa shape index (κ2) is 8.13. The lowest BCUT2D eigenvalue weighted by atomic mass is 9.97. The molecule has 0 amide bonds. The van der Waals surface area contributed by atoms with Gasteiger partial charge in [-0.2, -0.15) is 0 Å². The van der Waals surface area contributed by atoms with E-state index >= 15 is 0 Å². The highest BCUT2D eigenvalue weighted by Gasteiger charge is 2.22. The molecule has 1 N–H and O–H groups in total. The minimum absolute atomic E-state index is 0.0259. The Morgan fingerprint density at radius 1 is 1.24 bits per heavy atom. The zero-order chi connectivity index (χ0) is 20.4. The molecule has 0 aliphatic carbocycles. The van der Waals surface area contributed by atoms with E-state index in [2.05, 4.69) is 11.1 Å². The van der Waals surface area contributed by atoms with E-state index in [1.807, 2.05) is 44.2 Å². The van der Waals surface area contributed by atoms with E-state index in [0.29, 0.717) is 10.9 Å². The molecule has 0 fully saturated rings. The summed E-state index contributed by atoms with van der Waals surface area (Å²) in [6.45, 7) is 4.02. The van der Waals surface area contributed by atoms with Crippen molar-refractivity contribution < 1.29 is 24.1 Å². The van der Waals surface area contributed by atoms with Gasteiger partial charge in [0.25, 0.3) is 5.19 Å². The monoisotopic (exact) mass is 411 g/mol. The molecular weight excluding hydrogens is 390 g/mol. The molecular formula is C22H21NO5S. The van der Waals surface area contributed by atoms with Gasteiger partial charge in [-0.25, -0.2) is 9.78 Å². The van der Waals surface area contributed by atoms with Crippen molar-refractivity contribution in [2.24, 2.45) is 0 Å². The summed E-state index contributed by atoms with van der Waals surface area (Å²) in [6, 6.07) is 13.7. The zero-order valence-electron chi connectivity index (χ0n) is 16.1. The lowest BCUT2D eigenvalue weighted by Crippen LogP contribution is -2.15. The van der Waals surface area contributed by atoms with Crippen LogP contribution in [0.4, 0.5) is 0 Å². The van der Waals surface area contributed by atoms with Crippen LogP contribution in [-0.4, -0.2) is 22.2 Å². The summed E-state index contributed by atoms with van der Waals surface area (Å²) in [5.74, 6) is 1.28. The highest BCUT2D eigenvalue weighted by Crippen LogP contribution is 2.38. The average molecular weight is 411 g/mol. The van der Waals surface area contributed by atoms with Gasteiger partial charge in [-0.05, 0) is 68.1 Å². The van der Waals surface area contributed by atoms with Crippen LogP contribution in [0.15, 0.2) is 48.7 Å². The molecule has 29 heavy (non-hydrogen) atoms. The fraction of sp³-hybridized carbons (Fsp3) is 0.273. The predicted octanol–water partition coefficient (Wildman–Crippen LogP) is 5.49. The van der Waals surface area contributed by atoms with E-state index < -0.39 is 5.97 Å². The van der Waals surface area contributed by atoms with Crippen molar-refractivity contribution in [3.63, 3.8) is 0 Å². The van der Waals surface area contributed by atoms with Gasteiger partial charge in [-0.15, -0.1) is 0 Å². The van der Waals surface area contributed by atoms with E-state index in [-0.39, 0.29) is 17.1 Å². The van der Waals surface area contributed by atoms with Gasteiger partial charge in [0.15, 0.2) is 0 Å². The number of carboxylic acid groups (broad SMARTS) is 1. The summed E-state index contributed by atoms with van der Waals surface area (Å²) in [5, 5.41) is 9.30. The molecule has 0 radical (unpaired) electrons. The van der Waals surface area contributed by atoms with Crippen LogP contribution in [-0.2, 0) is 6.42 Å². The second-order valence-electron chi connectivity index (χ2n) is 7.05. The number of fused-ring (bicyclic) bond motifs is 1. The third-order valence-electron chi connectivity index (χ3n) is 4.48. The molecule has 150 valence electrons. The van der Waals surface area contributed by atoms with Crippen molar-refractivity contribution in [2.75, 3.05) is 0 Å². The maximum Gasteiger partial charge on any atom is 0.347 e. The number of nitrogens with zero attached hydrogens (tertiary/aromatic N) is 1. The Balaban J connectivity index is 1.47. The minimum atomic E-state index is -1.01. The number of aromatic nitrogens is 1. The van der Waals surface area contributed by atoms with E-state index in [4.69, 9.17) is 19.3 Å². The zero-order valence-corrected chi connectivity index (χ0v) is 16.9. The molecule has 1 aliphatic rings. The van der Waals surface area contributed by atoms with Crippen LogP contribution < -0.4 is 14.2 Å². The van der Waals surface area contributed by atoms with Gasteiger partial charge in [0, 0.05) is 0 Å². The maximum atomic E-state index is 11.0. The largest absolute Gasteiger partial charge is 0.491 e. The van der Waals surface area contributed by atoms with E-state index in [1.165, 1.54) is 6.20 Å². The first-order valence-electron chi connectivity index (χ1n) is 9.41. The number of hydrogen-bond donors (Lipinski definition) is 1. The van der Waals surface area contributed by atoms with Crippen LogP contribution in [0.3, 0.4) is 0 Å². The topological polar surface area (TPSA) is 77.9 Å². The molecule has 4 rings (SSSR count). The molecule has 2 aromatic carbocycles. The SMILES string of the molecule is CC(C)Oc1cccc(C2CCc3cc(Oc4ncc(C(=O)O)s4)ccc3O2)c1. The third kappa shape index (κ3) is 4.51. The number of ether oxygens (including phenoxy) is 3. The standard InChI is InChI=1S/C22H21NO5S/c1-13(2)26-16-5-3-4-14(10-16)18-8-6-15-11-17(7-9-19(15)28-18)27-22-23-12-20(29-22)21(24)25/h3-5,7,9-13,18H,6,8H2,1-2H3,(H,24,25). The summed E-state index contributed by atoms with van der Waals surface area (Å²) in [5.41, 5.74) is 2.15. The number of rotatable bonds is 6. The maximum absolute atomic E-state index is 11.0. The van der Waals surface area contributed by atoms with Crippen LogP contribution in [0.2, 0.25) is 0 Å². The van der Waals surface area contributed by atoms with Crippen molar-refractivity contribution in [2.45, 2.75) is 38.9 Å². The Labute approximate surface area is 172 Å². The Kier molecular flexibility index (Phi) is 5.40. The highest BCUT2D eigenvalue weighted by atomic mass is 32.1. The quantitative estimate of drug-likeness (QED) is 0.578. The molecule has 1 unspecified atom stereocenters. The van der Waals surface area contributed by atoms with Crippen LogP contribution >= 0.6 is 11.3 Å². The Morgan fingerprint density at radius 2 is 2.10 bits per heavy atom. The number of hydrogen-bond acceptors (Lipinski definition) is 6. The second-order valence-corrected chi connectivity index (χ2v) is 8.04. The molecule has 0 spiro atoms. The minimum Gasteiger partial charge on any atom is -0.491 e. The lowest BCUT2D eigenvalue weighted by Gasteiger charge is -2.27. The van der Waals surface area contributed by atoms with Crippen molar-refractivity contribution in [3.05, 3.63) is 64.7 Å². The highest BCUT2D eigenvalue weighted by molar-refractivity contribution is 7.15. The van der Waals surface area contributed by atoms with Crippen LogP contribution in [0, 0.1) is 0 Å². The molecule has 1 aromatic heterocycles. The van der Waals surface area contributed by atoms with Gasteiger partial charge in [0.2, 0.25) is 0 Å². The summed E-state index contributed by atoms with van der Waals surface area (Å²) in [6.07, 6.45) is 3.10. The first-order valence-corrected chi connectivity index (χ1v) is 10.2. The van der Waals surface area contributed by atoms with Crippen LogP contribution in [0.5, 0.6) is 22.4 Å². The lowest BCUT2D eigenvalue weighted by molar-refractivity contribution is 0.0702. The summed E-state index contributed by atoms with van der Waals surface area (Å²) < 4.78 is 17.7. The third-order valence-corrected chi connectivity index (χ3v) is 5.34. The molecule has 6 nitrogen and oxygen atoms in total. The van der Waals surface area contributed by atoms with Crippen molar-refractivity contribution in [1.82, 2.24) is 4.98 Å². The summed E-state index contributed by atoms with van der Waals surface area (Å²) in [4.78, 5) is 15.1. The van der Waals surface area contributed by atoms with E-state index in [0.717, 1.165) is 46.8 Å². The van der Waals surface area contributed by atoms with Gasteiger partial charge in [0.1, 0.15) is 28.2 Å². The number of carbonyl (C=O) groups is 1. The fourth-order valence-electron chi connectivity index (χ4n) is 3.23. The summed E-state index contributed by atoms with van der Waals surface area (Å²) in [7, 11) is 0. The molecule has 1 aliphatic heterocycles. The van der Waals surface area contributed by atoms with Gasteiger partial charge in [-0.3, -0.25) is 0 Å². The van der Waals surface area contributed by atoms with E-state index in [9.17, 15) is 4.79 Å². The normalized spacial score (nSPS) is 15.5. The van der Waals surface area contributed by atoms with Crippen LogP contribution in [0.1, 0.15) is 47.2 Å². The first-order chi connectivity index (χ1) is 14.0. The van der Waals surface area contributed by atoms with Crippen LogP contribution in [0.25, 0.3) is 0 Å². The van der Waals surface area contributed by atoms with Crippen molar-refractivity contribution in [1.29, 1.82) is 0 Å². The Morgan fingerprint density at radius 3 is 2.86 bits per heavy atom. The van der Waals surface area contributed by atoms with Gasteiger partial charge >= 0.3 is 5.97 Å². The van der Waals surface area contributed by atoms with Crippen molar-refractivity contribution >= 4 is 17.3 Å². The van der Waals surface area contributed by atoms with Gasteiger partial charge < -0.3 is 19.3 Å². The van der Waals surface area contributed by atoms with Crippen molar-refractivity contribution in [3.8, 4) is 22.4 Å². The number of carboxylic acids is 1. The molecule has 0 bridgehead atoms. The number of aryl methyl sites for hydroxylation is 1. The smallest absolute Gasteiger partial charge is 0.347 e. The molecule has 1 atom stereocenters. The average Bonchev–Trinajstić information content (AvgIpc) is 3.16. The first kappa shape index (κ1) is 19.3.